The van der Waals surface area contributed by atoms with Gasteiger partial charge in [0.05, 0.1) is 39.8 Å². The lowest BCUT2D eigenvalue weighted by Crippen LogP contribution is -2.12. The lowest BCUT2D eigenvalue weighted by molar-refractivity contribution is 0.408. The summed E-state index contributed by atoms with van der Waals surface area (Å²) in [4.78, 5) is 4.86. The van der Waals surface area contributed by atoms with Gasteiger partial charge in [0.15, 0.2) is 0 Å². The van der Waals surface area contributed by atoms with Gasteiger partial charge in [-0.2, -0.15) is 0 Å². The number of hydrogen-bond donors (Lipinski definition) is 0. The summed E-state index contributed by atoms with van der Waals surface area (Å²) in [5.74, 6) is 3.60. The number of ether oxygens (including phenoxy) is 4. The summed E-state index contributed by atoms with van der Waals surface area (Å²) in [7, 11) is 7.03. The maximum atomic E-state index is 5.94. The molecular weight excluding hydrogens is 981 g/mol. The van der Waals surface area contributed by atoms with E-state index in [1.54, 1.807) is 28.4 Å². The van der Waals surface area contributed by atoms with Crippen molar-refractivity contribution in [2.45, 2.75) is 55.4 Å². The molecule has 0 amide bonds. The van der Waals surface area contributed by atoms with Crippen molar-refractivity contribution in [3.63, 3.8) is 0 Å². The van der Waals surface area contributed by atoms with Gasteiger partial charge in [-0.3, -0.25) is 0 Å². The highest BCUT2D eigenvalue weighted by Gasteiger charge is 2.31. The van der Waals surface area contributed by atoms with Crippen LogP contribution in [0.2, 0.25) is 0 Å². The van der Waals surface area contributed by atoms with Crippen molar-refractivity contribution in [2.24, 2.45) is 0 Å². The van der Waals surface area contributed by atoms with Crippen LogP contribution in [0, 0.1) is 55.4 Å². The first-order valence-electron chi connectivity index (χ1n) is 27.5. The van der Waals surface area contributed by atoms with E-state index in [1.807, 2.05) is 0 Å². The van der Waals surface area contributed by atoms with Crippen LogP contribution in [0.3, 0.4) is 0 Å². The number of benzene rings is 11. The molecule has 0 bridgehead atoms. The Labute approximate surface area is 468 Å². The zero-order valence-electron chi connectivity index (χ0n) is 47.7. The number of hydrogen-bond acceptors (Lipinski definition) is 6. The Balaban J connectivity index is 1.17. The van der Waals surface area contributed by atoms with Crippen LogP contribution in [-0.4, -0.2) is 28.4 Å². The Morgan fingerprint density at radius 2 is 0.500 bits per heavy atom. The fourth-order valence-corrected chi connectivity index (χ4v) is 14.0. The highest BCUT2D eigenvalue weighted by molar-refractivity contribution is 6.47. The molecule has 0 spiro atoms. The van der Waals surface area contributed by atoms with Gasteiger partial charge in [0.2, 0.25) is 0 Å². The van der Waals surface area contributed by atoms with Crippen molar-refractivity contribution in [1.29, 1.82) is 0 Å². The van der Waals surface area contributed by atoms with Gasteiger partial charge in [0, 0.05) is 33.5 Å². The standard InChI is InChI=1S/C74H64N2O4/c1-41-33-51(34-42(2)71(41)77-9)75(52-35-43(3)72(78-10)44(4)36-52)61-31-29-59-65-55(61)25-19-27-57(65)67-63(49-21-15-13-16-22-49)68-58-28-20-26-56-62(32-30-60(66(56)58)70(68)64(69(59)67)50-23-17-14-18-24-50)76(53-37-45(5)73(79-11)46(6)38-53)54-39-47(7)74(80-12)48(8)40-54/h13-40H,1-12H3. The van der Waals surface area contributed by atoms with Crippen LogP contribution >= 0.6 is 0 Å². The summed E-state index contributed by atoms with van der Waals surface area (Å²) in [6, 6.07) is 63.6. The first-order chi connectivity index (χ1) is 38.8. The number of aryl methyl sites for hydroxylation is 8. The van der Waals surface area contributed by atoms with Crippen molar-refractivity contribution in [3.05, 3.63) is 214 Å². The minimum Gasteiger partial charge on any atom is -0.496 e. The maximum absolute atomic E-state index is 5.94. The Morgan fingerprint density at radius 1 is 0.250 bits per heavy atom. The minimum absolute atomic E-state index is 0.900. The zero-order chi connectivity index (χ0) is 55.4. The van der Waals surface area contributed by atoms with E-state index in [-0.39, 0.29) is 0 Å². The van der Waals surface area contributed by atoms with Gasteiger partial charge in [-0.15, -0.1) is 0 Å². The third-order valence-corrected chi connectivity index (χ3v) is 16.8. The average Bonchev–Trinajstić information content (AvgIpc) is 4.14. The van der Waals surface area contributed by atoms with E-state index in [0.717, 1.165) is 102 Å². The lowest BCUT2D eigenvalue weighted by Gasteiger charge is -2.29. The molecule has 0 aliphatic rings. The van der Waals surface area contributed by atoms with E-state index < -0.39 is 0 Å². The molecule has 0 aliphatic carbocycles. The highest BCUT2D eigenvalue weighted by atomic mass is 16.5. The largest absolute Gasteiger partial charge is 0.496 e. The van der Waals surface area contributed by atoms with E-state index in [2.05, 4.69) is 235 Å². The molecule has 0 aliphatic heterocycles. The van der Waals surface area contributed by atoms with Crippen LogP contribution in [0.1, 0.15) is 44.5 Å². The van der Waals surface area contributed by atoms with Crippen molar-refractivity contribution in [3.8, 4) is 45.3 Å². The van der Waals surface area contributed by atoms with E-state index in [9.17, 15) is 0 Å². The number of nitrogens with zero attached hydrogens (tertiary/aromatic N) is 2. The average molecular weight is 1050 g/mol. The van der Waals surface area contributed by atoms with E-state index >= 15 is 0 Å². The highest BCUT2D eigenvalue weighted by Crippen LogP contribution is 2.58. The Kier molecular flexibility index (Phi) is 12.1. The smallest absolute Gasteiger partial charge is 0.124 e. The predicted molar refractivity (Wildman–Crippen MR) is 338 cm³/mol. The normalized spacial score (nSPS) is 11.8. The topological polar surface area (TPSA) is 43.4 Å². The number of anilines is 6. The lowest BCUT2D eigenvalue weighted by atomic mass is 9.87. The fourth-order valence-electron chi connectivity index (χ4n) is 14.0. The second kappa shape index (κ2) is 19.3. The molecule has 0 radical (unpaired) electrons. The van der Waals surface area contributed by atoms with Crippen LogP contribution in [0.4, 0.5) is 34.1 Å². The summed E-state index contributed by atoms with van der Waals surface area (Å²) in [5, 5.41) is 14.7. The predicted octanol–water partition coefficient (Wildman–Crippen LogP) is 20.3. The van der Waals surface area contributed by atoms with Gasteiger partial charge >= 0.3 is 0 Å². The Morgan fingerprint density at radius 3 is 0.762 bits per heavy atom. The Hall–Kier alpha value is -9.26. The molecule has 0 saturated carbocycles. The molecule has 0 fully saturated rings. The summed E-state index contributed by atoms with van der Waals surface area (Å²) in [6.45, 7) is 17.1. The van der Waals surface area contributed by atoms with Gasteiger partial charge in [-0.25, -0.2) is 0 Å². The van der Waals surface area contributed by atoms with Gasteiger partial charge in [0.1, 0.15) is 23.0 Å². The molecule has 0 unspecified atom stereocenters. The molecule has 0 N–H and O–H groups in total. The molecule has 6 heteroatoms. The third kappa shape index (κ3) is 7.52. The molecule has 13 aromatic rings. The fraction of sp³-hybridized carbons (Fsp3) is 0.162. The third-order valence-electron chi connectivity index (χ3n) is 16.8. The molecule has 0 atom stereocenters. The van der Waals surface area contributed by atoms with Gasteiger partial charge < -0.3 is 28.7 Å². The second-order valence-electron chi connectivity index (χ2n) is 21.8. The number of rotatable bonds is 12. The number of methoxy groups -OCH3 is 4. The maximum Gasteiger partial charge on any atom is 0.124 e. The Bertz CT molecular complexity index is 4060. The zero-order valence-corrected chi connectivity index (χ0v) is 47.7. The van der Waals surface area contributed by atoms with E-state index in [4.69, 9.17) is 18.9 Å². The molecule has 80 heavy (non-hydrogen) atoms. The minimum atomic E-state index is 0.900. The molecular formula is C74H64N2O4. The van der Waals surface area contributed by atoms with Crippen LogP contribution in [0.25, 0.3) is 86.9 Å². The summed E-state index contributed by atoms with van der Waals surface area (Å²) >= 11 is 0. The summed E-state index contributed by atoms with van der Waals surface area (Å²) < 4.78 is 23.8. The van der Waals surface area contributed by atoms with Gasteiger partial charge in [0.25, 0.3) is 0 Å². The van der Waals surface area contributed by atoms with Crippen LogP contribution in [0.15, 0.2) is 170 Å². The van der Waals surface area contributed by atoms with Crippen LogP contribution in [-0.2, 0) is 0 Å². The molecule has 0 aromatic heterocycles. The van der Waals surface area contributed by atoms with Gasteiger partial charge in [-0.1, -0.05) is 109 Å². The molecule has 394 valence electrons. The molecule has 13 rings (SSSR count). The van der Waals surface area contributed by atoms with Gasteiger partial charge in [-0.05, 0) is 237 Å². The molecule has 0 saturated heterocycles. The first-order valence-corrected chi connectivity index (χ1v) is 27.5. The van der Waals surface area contributed by atoms with Crippen molar-refractivity contribution < 1.29 is 18.9 Å². The molecule has 6 nitrogen and oxygen atoms in total. The van der Waals surface area contributed by atoms with Crippen molar-refractivity contribution in [1.82, 2.24) is 0 Å². The van der Waals surface area contributed by atoms with Crippen molar-refractivity contribution in [2.75, 3.05) is 38.2 Å². The second-order valence-corrected chi connectivity index (χ2v) is 21.8. The molecule has 13 aromatic carbocycles. The summed E-state index contributed by atoms with van der Waals surface area (Å²) in [6.07, 6.45) is 0. The number of fused-ring (bicyclic) bond motifs is 6. The van der Waals surface area contributed by atoms with E-state index in [0.29, 0.717) is 0 Å². The monoisotopic (exact) mass is 1040 g/mol. The van der Waals surface area contributed by atoms with E-state index in [1.165, 1.54) is 86.9 Å². The van der Waals surface area contributed by atoms with Crippen LogP contribution < -0.4 is 28.7 Å². The SMILES string of the molecule is COc1c(C)cc(N(c2cc(C)c(OC)c(C)c2)c2ccc3c4c(-c5ccccc5)c5c6ccc(N(c7cc(C)c(OC)c(C)c7)c7cc(C)c(OC)c(C)c7)c7cccc(c5c(-c5ccccc5)c4c4cccc2c43)c76)cc1C. The van der Waals surface area contributed by atoms with Crippen molar-refractivity contribution >= 4 is 98.8 Å². The summed E-state index contributed by atoms with van der Waals surface area (Å²) in [5.41, 5.74) is 19.9. The van der Waals surface area contributed by atoms with Crippen LogP contribution in [0.5, 0.6) is 23.0 Å². The molecule has 0 heterocycles. The quantitative estimate of drug-likeness (QED) is 0.121. The first kappa shape index (κ1) is 50.3.